The molecule has 0 aromatic heterocycles. The van der Waals surface area contributed by atoms with E-state index < -0.39 is 15.8 Å². The van der Waals surface area contributed by atoms with Crippen LogP contribution in [0.3, 0.4) is 0 Å². The van der Waals surface area contributed by atoms with Gasteiger partial charge in [-0.05, 0) is 31.4 Å². The molecule has 2 aliphatic heterocycles. The maximum absolute atomic E-state index is 14.4. The quantitative estimate of drug-likeness (QED) is 0.828. The highest BCUT2D eigenvalue weighted by molar-refractivity contribution is 7.89. The molecule has 2 heterocycles. The smallest absolute Gasteiger partial charge is 0.246 e. The fourth-order valence-electron chi connectivity index (χ4n) is 3.50. The summed E-state index contributed by atoms with van der Waals surface area (Å²) in [4.78, 5) is 2.05. The Morgan fingerprint density at radius 2 is 1.96 bits per heavy atom. The fourth-order valence-corrected chi connectivity index (χ4v) is 5.33. The molecule has 5 nitrogen and oxygen atoms in total. The number of nitrogens with zero attached hydrogens (tertiary/aromatic N) is 2. The molecule has 0 radical (unpaired) electrons. The van der Waals surface area contributed by atoms with Crippen molar-refractivity contribution in [3.63, 3.8) is 0 Å². The van der Waals surface area contributed by atoms with E-state index in [1.54, 1.807) is 19.1 Å². The molecule has 134 valence electrons. The summed E-state index contributed by atoms with van der Waals surface area (Å²) in [5, 5.41) is 0. The van der Waals surface area contributed by atoms with Crippen molar-refractivity contribution in [3.8, 4) is 0 Å². The summed E-state index contributed by atoms with van der Waals surface area (Å²) in [6.45, 7) is 5.76. The second-order valence-corrected chi connectivity index (χ2v) is 8.42. The molecule has 7 heteroatoms. The van der Waals surface area contributed by atoms with Crippen LogP contribution in [-0.2, 0) is 14.8 Å². The Morgan fingerprint density at radius 1 is 1.21 bits per heavy atom. The van der Waals surface area contributed by atoms with Crippen molar-refractivity contribution in [1.82, 2.24) is 9.21 Å². The van der Waals surface area contributed by atoms with Gasteiger partial charge in [-0.3, -0.25) is 4.90 Å². The van der Waals surface area contributed by atoms with Crippen molar-refractivity contribution in [2.75, 3.05) is 39.4 Å². The zero-order chi connectivity index (χ0) is 17.2. The first-order valence-corrected chi connectivity index (χ1v) is 10.0. The lowest BCUT2D eigenvalue weighted by molar-refractivity contribution is 0.0262. The van der Waals surface area contributed by atoms with Crippen molar-refractivity contribution in [1.29, 1.82) is 0 Å². The van der Waals surface area contributed by atoms with Gasteiger partial charge in [-0.2, -0.15) is 4.31 Å². The fraction of sp³-hybridized carbons (Fsp3) is 0.647. The number of aryl methyl sites for hydroxylation is 1. The van der Waals surface area contributed by atoms with Crippen LogP contribution in [-0.4, -0.2) is 63.1 Å². The molecule has 1 atom stereocenters. The van der Waals surface area contributed by atoms with Crippen LogP contribution in [0.2, 0.25) is 0 Å². The van der Waals surface area contributed by atoms with Gasteiger partial charge in [0.05, 0.1) is 13.2 Å². The van der Waals surface area contributed by atoms with Crippen molar-refractivity contribution < 1.29 is 17.5 Å². The minimum atomic E-state index is -3.81. The van der Waals surface area contributed by atoms with Gasteiger partial charge in [0.1, 0.15) is 10.7 Å². The zero-order valence-corrected chi connectivity index (χ0v) is 14.9. The summed E-state index contributed by atoms with van der Waals surface area (Å²) in [5.74, 6) is -0.631. The molecule has 0 bridgehead atoms. The summed E-state index contributed by atoms with van der Waals surface area (Å²) < 4.78 is 47.4. The summed E-state index contributed by atoms with van der Waals surface area (Å²) in [5.41, 5.74) is 0.359. The topological polar surface area (TPSA) is 49.9 Å². The van der Waals surface area contributed by atoms with Gasteiger partial charge in [0.25, 0.3) is 0 Å². The second kappa shape index (κ2) is 7.47. The first-order chi connectivity index (χ1) is 11.5. The molecule has 3 rings (SSSR count). The first kappa shape index (κ1) is 17.8. The van der Waals surface area contributed by atoms with Gasteiger partial charge in [-0.15, -0.1) is 0 Å². The van der Waals surface area contributed by atoms with Crippen LogP contribution in [0.4, 0.5) is 4.39 Å². The predicted octanol–water partition coefficient (Wildman–Crippen LogP) is 2.01. The standard InChI is InChI=1S/C17H25FN2O3S/c1-14-5-4-7-16(17(14)18)24(21,22)20-8-3-2-6-15(20)13-19-9-11-23-12-10-19/h4-5,7,15H,2-3,6,8-13H2,1H3. The molecule has 0 amide bonds. The molecule has 1 aromatic carbocycles. The van der Waals surface area contributed by atoms with Crippen LogP contribution in [0.1, 0.15) is 24.8 Å². The number of benzene rings is 1. The van der Waals surface area contributed by atoms with E-state index in [0.29, 0.717) is 31.9 Å². The van der Waals surface area contributed by atoms with Crippen LogP contribution in [0.25, 0.3) is 0 Å². The maximum Gasteiger partial charge on any atom is 0.246 e. The van der Waals surface area contributed by atoms with E-state index in [-0.39, 0.29) is 10.9 Å². The Hall–Kier alpha value is -1.02. The number of rotatable bonds is 4. The Labute approximate surface area is 143 Å². The molecular formula is C17H25FN2O3S. The van der Waals surface area contributed by atoms with E-state index in [9.17, 15) is 12.8 Å². The Morgan fingerprint density at radius 3 is 2.71 bits per heavy atom. The van der Waals surface area contributed by atoms with Crippen molar-refractivity contribution in [2.24, 2.45) is 0 Å². The minimum Gasteiger partial charge on any atom is -0.379 e. The highest BCUT2D eigenvalue weighted by Gasteiger charge is 2.36. The molecule has 24 heavy (non-hydrogen) atoms. The second-order valence-electron chi connectivity index (χ2n) is 6.57. The molecular weight excluding hydrogens is 331 g/mol. The van der Waals surface area contributed by atoms with E-state index in [4.69, 9.17) is 4.74 Å². The number of piperidine rings is 1. The van der Waals surface area contributed by atoms with Gasteiger partial charge in [0.2, 0.25) is 10.0 Å². The van der Waals surface area contributed by atoms with E-state index in [1.165, 1.54) is 10.4 Å². The Kier molecular flexibility index (Phi) is 5.54. The van der Waals surface area contributed by atoms with Crippen LogP contribution in [0, 0.1) is 12.7 Å². The van der Waals surface area contributed by atoms with Crippen LogP contribution in [0.5, 0.6) is 0 Å². The summed E-state index contributed by atoms with van der Waals surface area (Å²) in [6.07, 6.45) is 2.66. The number of halogens is 1. The normalized spacial score (nSPS) is 24.2. The largest absolute Gasteiger partial charge is 0.379 e. The van der Waals surface area contributed by atoms with Crippen LogP contribution >= 0.6 is 0 Å². The predicted molar refractivity (Wildman–Crippen MR) is 89.9 cm³/mol. The molecule has 0 aliphatic carbocycles. The third kappa shape index (κ3) is 3.64. The van der Waals surface area contributed by atoms with Crippen molar-refractivity contribution >= 4 is 10.0 Å². The van der Waals surface area contributed by atoms with E-state index >= 15 is 0 Å². The Bertz CT molecular complexity index is 674. The van der Waals surface area contributed by atoms with Crippen LogP contribution < -0.4 is 0 Å². The maximum atomic E-state index is 14.4. The molecule has 2 aliphatic rings. The van der Waals surface area contributed by atoms with E-state index in [1.807, 2.05) is 0 Å². The average Bonchev–Trinajstić information content (AvgIpc) is 2.58. The first-order valence-electron chi connectivity index (χ1n) is 8.57. The van der Waals surface area contributed by atoms with Gasteiger partial charge in [0.15, 0.2) is 0 Å². The summed E-state index contributed by atoms with van der Waals surface area (Å²) >= 11 is 0. The van der Waals surface area contributed by atoms with Crippen LogP contribution in [0.15, 0.2) is 23.1 Å². The van der Waals surface area contributed by atoms with E-state index in [2.05, 4.69) is 4.90 Å². The summed E-state index contributed by atoms with van der Waals surface area (Å²) in [6, 6.07) is 4.47. The monoisotopic (exact) mass is 356 g/mol. The molecule has 2 fully saturated rings. The molecule has 0 N–H and O–H groups in total. The van der Waals surface area contributed by atoms with Crippen molar-refractivity contribution in [3.05, 3.63) is 29.6 Å². The van der Waals surface area contributed by atoms with Gasteiger partial charge < -0.3 is 4.74 Å². The Balaban J connectivity index is 1.84. The number of sulfonamides is 1. The number of hydrogen-bond acceptors (Lipinski definition) is 4. The van der Waals surface area contributed by atoms with Gasteiger partial charge >= 0.3 is 0 Å². The SMILES string of the molecule is Cc1cccc(S(=O)(=O)N2CCCCC2CN2CCOCC2)c1F. The third-order valence-corrected chi connectivity index (χ3v) is 6.86. The number of ether oxygens (including phenoxy) is 1. The summed E-state index contributed by atoms with van der Waals surface area (Å²) in [7, 11) is -3.81. The molecule has 0 spiro atoms. The molecule has 2 saturated heterocycles. The zero-order valence-electron chi connectivity index (χ0n) is 14.1. The lowest BCUT2D eigenvalue weighted by Crippen LogP contribution is -2.51. The van der Waals surface area contributed by atoms with Gasteiger partial charge in [-0.1, -0.05) is 18.6 Å². The van der Waals surface area contributed by atoms with E-state index in [0.717, 1.165) is 32.4 Å². The highest BCUT2D eigenvalue weighted by Crippen LogP contribution is 2.28. The lowest BCUT2D eigenvalue weighted by Gasteiger charge is -2.38. The molecule has 1 unspecified atom stereocenters. The number of hydrogen-bond donors (Lipinski definition) is 0. The lowest BCUT2D eigenvalue weighted by atomic mass is 10.0. The third-order valence-electron chi connectivity index (χ3n) is 4.89. The minimum absolute atomic E-state index is 0.0956. The molecule has 1 aromatic rings. The van der Waals surface area contributed by atoms with Gasteiger partial charge in [0, 0.05) is 32.2 Å². The molecule has 0 saturated carbocycles. The highest BCUT2D eigenvalue weighted by atomic mass is 32.2. The number of morpholine rings is 1. The van der Waals surface area contributed by atoms with Gasteiger partial charge in [-0.25, -0.2) is 12.8 Å². The van der Waals surface area contributed by atoms with Crippen molar-refractivity contribution in [2.45, 2.75) is 37.1 Å². The average molecular weight is 356 g/mol.